The zero-order valence-electron chi connectivity index (χ0n) is 8.59. The van der Waals surface area contributed by atoms with E-state index >= 15 is 0 Å². The van der Waals surface area contributed by atoms with E-state index in [0.717, 1.165) is 11.1 Å². The average Bonchev–Trinajstić information content (AvgIpc) is 2.18. The van der Waals surface area contributed by atoms with Gasteiger partial charge in [0.25, 0.3) is 0 Å². The molecule has 1 aromatic rings. The number of ketones is 3. The third-order valence-corrected chi connectivity index (χ3v) is 2.75. The Bertz CT molecular complexity index is 498. The molecule has 0 aliphatic heterocycles. The van der Waals surface area contributed by atoms with Gasteiger partial charge in [-0.15, -0.1) is 0 Å². The van der Waals surface area contributed by atoms with E-state index in [9.17, 15) is 14.4 Å². The molecule has 0 saturated carbocycles. The Morgan fingerprint density at radius 2 is 1.40 bits per heavy atom. The first-order valence-electron chi connectivity index (χ1n) is 4.72. The summed E-state index contributed by atoms with van der Waals surface area (Å²) in [5.74, 6) is -1.39. The van der Waals surface area contributed by atoms with Crippen LogP contribution in [0.5, 0.6) is 0 Å². The highest BCUT2D eigenvalue weighted by Gasteiger charge is 2.30. The molecule has 0 N–H and O–H groups in total. The second-order valence-electron chi connectivity index (χ2n) is 3.83. The van der Waals surface area contributed by atoms with Crippen LogP contribution in [0.25, 0.3) is 0 Å². The van der Waals surface area contributed by atoms with Gasteiger partial charge in [0.05, 0.1) is 6.42 Å². The SMILES string of the molecule is Cc1cc2c(cc1C)C(=O)C(=O)CC2=O. The van der Waals surface area contributed by atoms with Gasteiger partial charge in [-0.3, -0.25) is 14.4 Å². The molecule has 0 fully saturated rings. The Labute approximate surface area is 87.1 Å². The van der Waals surface area contributed by atoms with Crippen molar-refractivity contribution < 1.29 is 14.4 Å². The van der Waals surface area contributed by atoms with Crippen molar-refractivity contribution in [3.8, 4) is 0 Å². The molecule has 0 heterocycles. The Morgan fingerprint density at radius 1 is 0.867 bits per heavy atom. The first-order chi connectivity index (χ1) is 7.00. The van der Waals surface area contributed by atoms with E-state index in [2.05, 4.69) is 0 Å². The first-order valence-corrected chi connectivity index (χ1v) is 4.72. The number of hydrogen-bond donors (Lipinski definition) is 0. The minimum absolute atomic E-state index is 0.252. The summed E-state index contributed by atoms with van der Waals surface area (Å²) in [7, 11) is 0. The van der Waals surface area contributed by atoms with E-state index in [1.165, 1.54) is 0 Å². The molecular formula is C12H10O3. The van der Waals surface area contributed by atoms with Gasteiger partial charge in [-0.05, 0) is 37.1 Å². The lowest BCUT2D eigenvalue weighted by molar-refractivity contribution is -0.114. The largest absolute Gasteiger partial charge is 0.294 e. The fraction of sp³-hybridized carbons (Fsp3) is 0.250. The first kappa shape index (κ1) is 9.77. The summed E-state index contributed by atoms with van der Waals surface area (Å²) in [4.78, 5) is 34.2. The summed E-state index contributed by atoms with van der Waals surface area (Å²) in [6.07, 6.45) is -0.283. The molecule has 0 amide bonds. The minimum atomic E-state index is -0.601. The van der Waals surface area contributed by atoms with Crippen molar-refractivity contribution in [2.45, 2.75) is 20.3 Å². The lowest BCUT2D eigenvalue weighted by Crippen LogP contribution is -2.27. The topological polar surface area (TPSA) is 51.2 Å². The van der Waals surface area contributed by atoms with E-state index in [1.54, 1.807) is 12.1 Å². The van der Waals surface area contributed by atoms with Gasteiger partial charge in [0, 0.05) is 11.1 Å². The van der Waals surface area contributed by atoms with E-state index in [1.807, 2.05) is 13.8 Å². The summed E-state index contributed by atoms with van der Waals surface area (Å²) in [5, 5.41) is 0. The van der Waals surface area contributed by atoms with Crippen molar-refractivity contribution in [3.63, 3.8) is 0 Å². The molecule has 76 valence electrons. The van der Waals surface area contributed by atoms with Crippen molar-refractivity contribution >= 4 is 17.3 Å². The van der Waals surface area contributed by atoms with Gasteiger partial charge < -0.3 is 0 Å². The maximum atomic E-state index is 11.5. The van der Waals surface area contributed by atoms with Crippen molar-refractivity contribution in [1.82, 2.24) is 0 Å². The number of rotatable bonds is 0. The number of aryl methyl sites for hydroxylation is 2. The van der Waals surface area contributed by atoms with Crippen LogP contribution >= 0.6 is 0 Å². The van der Waals surface area contributed by atoms with E-state index in [-0.39, 0.29) is 17.8 Å². The molecule has 1 aromatic carbocycles. The number of Topliss-reactive ketones (excluding diaryl/α,β-unsaturated/α-hetero) is 3. The third kappa shape index (κ3) is 1.40. The van der Waals surface area contributed by atoms with Crippen LogP contribution < -0.4 is 0 Å². The van der Waals surface area contributed by atoms with Gasteiger partial charge in [0.1, 0.15) is 0 Å². The zero-order chi connectivity index (χ0) is 11.2. The standard InChI is InChI=1S/C12H10O3/c1-6-3-8-9(4-7(6)2)12(15)11(14)5-10(8)13/h3-4H,5H2,1-2H3. The molecule has 0 unspecified atom stereocenters. The summed E-state index contributed by atoms with van der Waals surface area (Å²) in [6.45, 7) is 3.73. The number of carbonyl (C=O) groups excluding carboxylic acids is 3. The Balaban J connectivity index is 2.72. The summed E-state index contributed by atoms with van der Waals surface area (Å²) >= 11 is 0. The quantitative estimate of drug-likeness (QED) is 0.474. The zero-order valence-corrected chi connectivity index (χ0v) is 8.59. The van der Waals surface area contributed by atoms with Crippen molar-refractivity contribution in [1.29, 1.82) is 0 Å². The third-order valence-electron chi connectivity index (χ3n) is 2.75. The van der Waals surface area contributed by atoms with E-state index < -0.39 is 11.6 Å². The molecule has 0 bridgehead atoms. The van der Waals surface area contributed by atoms with Crippen LogP contribution in [0.3, 0.4) is 0 Å². The minimum Gasteiger partial charge on any atom is -0.294 e. The molecule has 0 atom stereocenters. The molecule has 0 aromatic heterocycles. The molecule has 15 heavy (non-hydrogen) atoms. The Morgan fingerprint density at radius 3 is 2.00 bits per heavy atom. The molecule has 0 radical (unpaired) electrons. The number of fused-ring (bicyclic) bond motifs is 1. The molecule has 1 aliphatic carbocycles. The summed E-state index contributed by atoms with van der Waals surface area (Å²) < 4.78 is 0. The second-order valence-corrected chi connectivity index (χ2v) is 3.83. The van der Waals surface area contributed by atoms with Crippen molar-refractivity contribution in [3.05, 3.63) is 34.4 Å². The van der Waals surface area contributed by atoms with E-state index in [0.29, 0.717) is 5.56 Å². The van der Waals surface area contributed by atoms with Gasteiger partial charge >= 0.3 is 0 Å². The molecule has 1 aliphatic rings. The lowest BCUT2D eigenvalue weighted by Gasteiger charge is -2.14. The summed E-state index contributed by atoms with van der Waals surface area (Å²) in [6, 6.07) is 3.32. The maximum absolute atomic E-state index is 11.5. The van der Waals surface area contributed by atoms with Crippen LogP contribution in [-0.2, 0) is 4.79 Å². The normalized spacial score (nSPS) is 15.5. The lowest BCUT2D eigenvalue weighted by atomic mass is 9.86. The highest BCUT2D eigenvalue weighted by atomic mass is 16.2. The van der Waals surface area contributed by atoms with Crippen LogP contribution in [-0.4, -0.2) is 17.3 Å². The number of hydrogen-bond acceptors (Lipinski definition) is 3. The fourth-order valence-corrected chi connectivity index (χ4v) is 1.71. The predicted molar refractivity (Wildman–Crippen MR) is 54.2 cm³/mol. The molecular weight excluding hydrogens is 192 g/mol. The van der Waals surface area contributed by atoms with Crippen LogP contribution in [0.1, 0.15) is 38.3 Å². The number of carbonyl (C=O) groups is 3. The smallest absolute Gasteiger partial charge is 0.229 e. The fourth-order valence-electron chi connectivity index (χ4n) is 1.71. The Hall–Kier alpha value is -1.77. The molecule has 3 nitrogen and oxygen atoms in total. The Kier molecular flexibility index (Phi) is 2.03. The molecule has 0 spiro atoms. The highest BCUT2D eigenvalue weighted by Crippen LogP contribution is 2.22. The van der Waals surface area contributed by atoms with Crippen molar-refractivity contribution in [2.24, 2.45) is 0 Å². The van der Waals surface area contributed by atoms with Gasteiger partial charge in [0.2, 0.25) is 11.6 Å². The average molecular weight is 202 g/mol. The monoisotopic (exact) mass is 202 g/mol. The summed E-state index contributed by atoms with van der Waals surface area (Å²) in [5.41, 5.74) is 2.54. The predicted octanol–water partition coefficient (Wildman–Crippen LogP) is 1.64. The molecule has 2 rings (SSSR count). The van der Waals surface area contributed by atoms with Crippen LogP contribution in [0.2, 0.25) is 0 Å². The highest BCUT2D eigenvalue weighted by molar-refractivity contribution is 6.50. The van der Waals surface area contributed by atoms with Gasteiger partial charge in [-0.2, -0.15) is 0 Å². The van der Waals surface area contributed by atoms with Gasteiger partial charge in [-0.25, -0.2) is 0 Å². The number of benzene rings is 1. The van der Waals surface area contributed by atoms with Crippen LogP contribution in [0, 0.1) is 13.8 Å². The maximum Gasteiger partial charge on any atom is 0.229 e. The molecule has 0 saturated heterocycles. The van der Waals surface area contributed by atoms with Crippen molar-refractivity contribution in [2.75, 3.05) is 0 Å². The van der Waals surface area contributed by atoms with Gasteiger partial charge in [0.15, 0.2) is 5.78 Å². The second kappa shape index (κ2) is 3.12. The van der Waals surface area contributed by atoms with Crippen LogP contribution in [0.15, 0.2) is 12.1 Å². The van der Waals surface area contributed by atoms with E-state index in [4.69, 9.17) is 0 Å². The van der Waals surface area contributed by atoms with Crippen LogP contribution in [0.4, 0.5) is 0 Å². The molecule has 3 heteroatoms. The van der Waals surface area contributed by atoms with Gasteiger partial charge in [-0.1, -0.05) is 0 Å².